The fourth-order valence-electron chi connectivity index (χ4n) is 8.05. The van der Waals surface area contributed by atoms with Crippen molar-refractivity contribution in [1.82, 2.24) is 0 Å². The molecule has 0 amide bonds. The van der Waals surface area contributed by atoms with Crippen LogP contribution in [0.3, 0.4) is 0 Å². The Hall–Kier alpha value is -6.50. The number of aliphatic hydroxyl groups excluding tert-OH is 4. The highest BCUT2D eigenvalue weighted by Gasteiger charge is 2.49. The van der Waals surface area contributed by atoms with Crippen LogP contribution in [-0.2, 0) is 0 Å². The Morgan fingerprint density at radius 3 is 1.73 bits per heavy atom. The molecule has 5 N–H and O–H groups in total. The zero-order chi connectivity index (χ0) is 35.0. The Kier molecular flexibility index (Phi) is 6.75. The van der Waals surface area contributed by atoms with Crippen molar-refractivity contribution in [1.29, 1.82) is 0 Å². The first kappa shape index (κ1) is 30.6. The lowest BCUT2D eigenvalue weighted by molar-refractivity contribution is 0.00753. The average Bonchev–Trinajstić information content (AvgIpc) is 3.56. The van der Waals surface area contributed by atoms with Crippen molar-refractivity contribution < 1.29 is 29.9 Å². The molecule has 1 aromatic heterocycles. The van der Waals surface area contributed by atoms with E-state index in [1.54, 1.807) is 0 Å². The maximum atomic E-state index is 11.7. The van der Waals surface area contributed by atoms with E-state index in [4.69, 9.17) is 4.42 Å². The summed E-state index contributed by atoms with van der Waals surface area (Å²) < 4.78 is 6.75. The van der Waals surface area contributed by atoms with Crippen LogP contribution in [0, 0.1) is 0 Å². The van der Waals surface area contributed by atoms with Crippen molar-refractivity contribution in [2.45, 2.75) is 18.4 Å². The van der Waals surface area contributed by atoms with Crippen LogP contribution >= 0.6 is 0 Å². The molecule has 51 heavy (non-hydrogen) atoms. The van der Waals surface area contributed by atoms with Crippen molar-refractivity contribution in [2.24, 2.45) is 0 Å². The molecule has 8 aromatic rings. The van der Waals surface area contributed by atoms with Gasteiger partial charge in [-0.2, -0.15) is 0 Å². The molecule has 0 aliphatic heterocycles. The lowest BCUT2D eigenvalue weighted by Crippen LogP contribution is -2.40. The van der Waals surface area contributed by atoms with Crippen LogP contribution in [0.25, 0.3) is 76.9 Å². The molecule has 1 aliphatic carbocycles. The van der Waals surface area contributed by atoms with Crippen LogP contribution < -0.4 is 0 Å². The lowest BCUT2D eigenvalue weighted by Gasteiger charge is -2.37. The van der Waals surface area contributed by atoms with E-state index in [0.717, 1.165) is 66.1 Å². The minimum Gasteiger partial charge on any atom is -0.508 e. The molecule has 0 saturated heterocycles. The minimum atomic E-state index is -2.14. The Morgan fingerprint density at radius 1 is 0.510 bits per heavy atom. The zero-order valence-electron chi connectivity index (χ0n) is 27.5. The van der Waals surface area contributed by atoms with E-state index in [1.807, 2.05) is 91.0 Å². The van der Waals surface area contributed by atoms with Gasteiger partial charge in [0.25, 0.3) is 0 Å². The van der Waals surface area contributed by atoms with Crippen LogP contribution in [0.15, 0.2) is 167 Å². The first-order chi connectivity index (χ1) is 24.8. The highest BCUT2D eigenvalue weighted by Crippen LogP contribution is 2.52. The lowest BCUT2D eigenvalue weighted by atomic mass is 9.72. The third kappa shape index (κ3) is 4.40. The van der Waals surface area contributed by atoms with Crippen LogP contribution in [0.4, 0.5) is 0 Å². The molecular weight excluding hydrogens is 636 g/mol. The van der Waals surface area contributed by atoms with Gasteiger partial charge in [-0.1, -0.05) is 133 Å². The SMILES string of the molecule is CC1(O)C(O)=C(O)C(O)=C(O)C1c1c2ccccc2c(-c2cccc3oc4c(-c5ccccc5-c5ccccc5)cccc4c23)c2ccccc12. The molecule has 248 valence electrons. The highest BCUT2D eigenvalue weighted by atomic mass is 16.4. The second-order valence-electron chi connectivity index (χ2n) is 13.3. The molecule has 0 spiro atoms. The van der Waals surface area contributed by atoms with Gasteiger partial charge in [0.15, 0.2) is 11.5 Å². The fourth-order valence-corrected chi connectivity index (χ4v) is 8.05. The average molecular weight is 669 g/mol. The number of benzene rings is 7. The normalized spacial score (nSPS) is 18.0. The van der Waals surface area contributed by atoms with E-state index >= 15 is 0 Å². The van der Waals surface area contributed by atoms with Gasteiger partial charge in [-0.05, 0) is 67.9 Å². The van der Waals surface area contributed by atoms with E-state index in [0.29, 0.717) is 16.3 Å². The molecule has 1 heterocycles. The second kappa shape index (κ2) is 11.3. The third-order valence-corrected chi connectivity index (χ3v) is 10.4. The van der Waals surface area contributed by atoms with Gasteiger partial charge in [0.2, 0.25) is 5.76 Å². The quantitative estimate of drug-likeness (QED) is 0.119. The summed E-state index contributed by atoms with van der Waals surface area (Å²) in [5.74, 6) is -4.58. The van der Waals surface area contributed by atoms with Gasteiger partial charge in [0.05, 0.1) is 5.92 Å². The number of rotatable bonds is 4. The van der Waals surface area contributed by atoms with Crippen LogP contribution in [-0.4, -0.2) is 31.1 Å². The van der Waals surface area contributed by atoms with Gasteiger partial charge in [-0.15, -0.1) is 0 Å². The van der Waals surface area contributed by atoms with Crippen molar-refractivity contribution >= 4 is 43.5 Å². The molecule has 2 atom stereocenters. The smallest absolute Gasteiger partial charge is 0.202 e. The summed E-state index contributed by atoms with van der Waals surface area (Å²) in [5, 5.41) is 59.9. The standard InChI is InChI=1S/C45H32O6/c1-45(50)39(40(46)41(47)42(48)44(45)49)38-30-19-9-7-17-28(30)36(29-18-8-10-20-31(29)38)33-22-12-24-35-37(33)34-23-11-21-32(43(34)51-35)27-16-6-5-15-26(27)25-13-3-2-4-14-25/h2-24,39,46-50H,1H3. The topological polar surface area (TPSA) is 114 Å². The monoisotopic (exact) mass is 668 g/mol. The zero-order valence-corrected chi connectivity index (χ0v) is 27.5. The van der Waals surface area contributed by atoms with Crippen molar-refractivity contribution in [3.8, 4) is 33.4 Å². The Balaban J connectivity index is 1.35. The van der Waals surface area contributed by atoms with E-state index in [2.05, 4.69) is 48.5 Å². The first-order valence-corrected chi connectivity index (χ1v) is 16.8. The van der Waals surface area contributed by atoms with Gasteiger partial charge in [-0.25, -0.2) is 0 Å². The number of furan rings is 1. The molecule has 6 heteroatoms. The van der Waals surface area contributed by atoms with Crippen LogP contribution in [0.5, 0.6) is 0 Å². The number of hydrogen-bond acceptors (Lipinski definition) is 6. The Morgan fingerprint density at radius 2 is 1.04 bits per heavy atom. The molecule has 6 nitrogen and oxygen atoms in total. The molecule has 0 saturated carbocycles. The fraction of sp³-hybridized carbons (Fsp3) is 0.0667. The van der Waals surface area contributed by atoms with Gasteiger partial charge >= 0.3 is 0 Å². The summed E-state index contributed by atoms with van der Waals surface area (Å²) in [5.41, 5.74) is 6.01. The first-order valence-electron chi connectivity index (χ1n) is 16.8. The Bertz CT molecular complexity index is 2710. The van der Waals surface area contributed by atoms with Gasteiger partial charge in [-0.3, -0.25) is 0 Å². The predicted molar refractivity (Wildman–Crippen MR) is 203 cm³/mol. The number of fused-ring (bicyclic) bond motifs is 5. The van der Waals surface area contributed by atoms with Crippen molar-refractivity contribution in [3.05, 3.63) is 168 Å². The van der Waals surface area contributed by atoms with Gasteiger partial charge < -0.3 is 29.9 Å². The third-order valence-electron chi connectivity index (χ3n) is 10.4. The molecule has 1 aliphatic rings. The maximum absolute atomic E-state index is 11.7. The summed E-state index contributed by atoms with van der Waals surface area (Å²) in [6, 6.07) is 46.4. The summed E-state index contributed by atoms with van der Waals surface area (Å²) in [7, 11) is 0. The van der Waals surface area contributed by atoms with Gasteiger partial charge in [0.1, 0.15) is 22.5 Å². The molecule has 7 aromatic carbocycles. The highest BCUT2D eigenvalue weighted by molar-refractivity contribution is 6.23. The summed E-state index contributed by atoms with van der Waals surface area (Å²) in [6.07, 6.45) is 0. The summed E-state index contributed by atoms with van der Waals surface area (Å²) >= 11 is 0. The number of hydrogen-bond donors (Lipinski definition) is 5. The largest absolute Gasteiger partial charge is 0.508 e. The van der Waals surface area contributed by atoms with Crippen molar-refractivity contribution in [3.63, 3.8) is 0 Å². The molecule has 9 rings (SSSR count). The summed E-state index contributed by atoms with van der Waals surface area (Å²) in [6.45, 7) is 1.31. The molecule has 0 fully saturated rings. The molecule has 0 bridgehead atoms. The number of para-hydroxylation sites is 1. The van der Waals surface area contributed by atoms with Crippen molar-refractivity contribution in [2.75, 3.05) is 0 Å². The second-order valence-corrected chi connectivity index (χ2v) is 13.3. The molecule has 0 radical (unpaired) electrons. The molecule has 2 unspecified atom stereocenters. The van der Waals surface area contributed by atoms with E-state index < -0.39 is 34.6 Å². The Labute approximate surface area is 292 Å². The van der Waals surface area contributed by atoms with Crippen LogP contribution in [0.2, 0.25) is 0 Å². The van der Waals surface area contributed by atoms with E-state index in [9.17, 15) is 25.5 Å². The van der Waals surface area contributed by atoms with E-state index in [1.165, 1.54) is 6.92 Å². The van der Waals surface area contributed by atoms with Gasteiger partial charge in [0, 0.05) is 16.3 Å². The van der Waals surface area contributed by atoms with Crippen LogP contribution in [0.1, 0.15) is 18.4 Å². The molecular formula is C45H32O6. The number of aliphatic hydroxyl groups is 5. The minimum absolute atomic E-state index is 0.502. The van der Waals surface area contributed by atoms with E-state index in [-0.39, 0.29) is 0 Å². The predicted octanol–water partition coefficient (Wildman–Crippen LogP) is 11.4. The maximum Gasteiger partial charge on any atom is 0.202 e. The summed E-state index contributed by atoms with van der Waals surface area (Å²) in [4.78, 5) is 0.